The molecule has 2 unspecified atom stereocenters. The van der Waals surface area contributed by atoms with Gasteiger partial charge in [0.05, 0.1) is 18.6 Å². The van der Waals surface area contributed by atoms with Gasteiger partial charge >= 0.3 is 0 Å². The molecular formula is C10H21ClN2O3. The van der Waals surface area contributed by atoms with Crippen LogP contribution in [0.15, 0.2) is 0 Å². The molecule has 5 nitrogen and oxygen atoms in total. The lowest BCUT2D eigenvalue weighted by molar-refractivity contribution is -0.123. The van der Waals surface area contributed by atoms with Gasteiger partial charge in [0.25, 0.3) is 0 Å². The van der Waals surface area contributed by atoms with Crippen molar-refractivity contribution in [1.29, 1.82) is 0 Å². The van der Waals surface area contributed by atoms with Crippen molar-refractivity contribution in [3.8, 4) is 0 Å². The van der Waals surface area contributed by atoms with Gasteiger partial charge in [0.1, 0.15) is 0 Å². The SMILES string of the molecule is COC(CN)CC(=O)NCC1CCCO1.Cl. The number of hydrogen-bond donors (Lipinski definition) is 2. The highest BCUT2D eigenvalue weighted by Crippen LogP contribution is 2.10. The van der Waals surface area contributed by atoms with Gasteiger partial charge in [-0.2, -0.15) is 0 Å². The van der Waals surface area contributed by atoms with E-state index in [1.165, 1.54) is 0 Å². The quantitative estimate of drug-likeness (QED) is 0.702. The number of nitrogens with one attached hydrogen (secondary N) is 1. The zero-order chi connectivity index (χ0) is 11.1. The molecule has 3 N–H and O–H groups in total. The summed E-state index contributed by atoms with van der Waals surface area (Å²) in [7, 11) is 1.56. The lowest BCUT2D eigenvalue weighted by Crippen LogP contribution is -2.36. The van der Waals surface area contributed by atoms with Gasteiger partial charge in [0.15, 0.2) is 0 Å². The van der Waals surface area contributed by atoms with E-state index < -0.39 is 0 Å². The van der Waals surface area contributed by atoms with E-state index in [2.05, 4.69) is 5.32 Å². The minimum absolute atomic E-state index is 0. The van der Waals surface area contributed by atoms with Crippen LogP contribution in [-0.4, -0.2) is 44.9 Å². The van der Waals surface area contributed by atoms with Gasteiger partial charge in [-0.1, -0.05) is 0 Å². The molecule has 1 aliphatic rings. The predicted molar refractivity (Wildman–Crippen MR) is 63.7 cm³/mol. The maximum absolute atomic E-state index is 11.4. The summed E-state index contributed by atoms with van der Waals surface area (Å²) in [4.78, 5) is 11.4. The van der Waals surface area contributed by atoms with Crippen molar-refractivity contribution in [3.05, 3.63) is 0 Å². The first kappa shape index (κ1) is 15.6. The number of ether oxygens (including phenoxy) is 2. The molecule has 0 aliphatic carbocycles. The lowest BCUT2D eigenvalue weighted by Gasteiger charge is -2.14. The van der Waals surface area contributed by atoms with Gasteiger partial charge in [0.2, 0.25) is 5.91 Å². The second-order valence-corrected chi connectivity index (χ2v) is 3.74. The number of hydrogen-bond acceptors (Lipinski definition) is 4. The summed E-state index contributed by atoms with van der Waals surface area (Å²) >= 11 is 0. The van der Waals surface area contributed by atoms with Gasteiger partial charge < -0.3 is 20.5 Å². The van der Waals surface area contributed by atoms with Crippen LogP contribution in [0.2, 0.25) is 0 Å². The minimum atomic E-state index is -0.186. The van der Waals surface area contributed by atoms with Crippen molar-refractivity contribution >= 4 is 18.3 Å². The molecule has 6 heteroatoms. The Bertz CT molecular complexity index is 195. The number of carbonyl (C=O) groups is 1. The van der Waals surface area contributed by atoms with Crippen LogP contribution in [0.25, 0.3) is 0 Å². The third-order valence-electron chi connectivity index (χ3n) is 2.56. The first-order chi connectivity index (χ1) is 7.26. The number of rotatable bonds is 6. The maximum atomic E-state index is 11.4. The molecule has 1 fully saturated rings. The summed E-state index contributed by atoms with van der Waals surface area (Å²) in [5.41, 5.74) is 5.42. The largest absolute Gasteiger partial charge is 0.380 e. The Hall–Kier alpha value is -0.360. The van der Waals surface area contributed by atoms with Gasteiger partial charge in [-0.05, 0) is 12.8 Å². The lowest BCUT2D eigenvalue weighted by atomic mass is 10.2. The van der Waals surface area contributed by atoms with Gasteiger partial charge in [0, 0.05) is 26.8 Å². The summed E-state index contributed by atoms with van der Waals surface area (Å²) in [6.45, 7) is 1.77. The summed E-state index contributed by atoms with van der Waals surface area (Å²) < 4.78 is 10.4. The van der Waals surface area contributed by atoms with Crippen molar-refractivity contribution < 1.29 is 14.3 Å². The first-order valence-electron chi connectivity index (χ1n) is 5.37. The Morgan fingerprint density at radius 3 is 2.94 bits per heavy atom. The van der Waals surface area contributed by atoms with Crippen LogP contribution in [-0.2, 0) is 14.3 Å². The summed E-state index contributed by atoms with van der Waals surface area (Å²) in [6.07, 6.45) is 2.44. The Balaban J connectivity index is 0.00000225. The topological polar surface area (TPSA) is 73.6 Å². The highest BCUT2D eigenvalue weighted by atomic mass is 35.5. The number of carbonyl (C=O) groups excluding carboxylic acids is 1. The molecule has 1 rings (SSSR count). The third kappa shape index (κ3) is 5.65. The molecule has 1 saturated heterocycles. The minimum Gasteiger partial charge on any atom is -0.380 e. The number of methoxy groups -OCH3 is 1. The molecule has 1 amide bonds. The van der Waals surface area contributed by atoms with E-state index in [1.807, 2.05) is 0 Å². The second-order valence-electron chi connectivity index (χ2n) is 3.74. The molecule has 0 radical (unpaired) electrons. The van der Waals surface area contributed by atoms with Crippen molar-refractivity contribution in [2.45, 2.75) is 31.5 Å². The van der Waals surface area contributed by atoms with Crippen molar-refractivity contribution in [1.82, 2.24) is 5.32 Å². The van der Waals surface area contributed by atoms with Gasteiger partial charge in [-0.25, -0.2) is 0 Å². The van der Waals surface area contributed by atoms with Crippen LogP contribution in [0.4, 0.5) is 0 Å². The second kappa shape index (κ2) is 8.75. The van der Waals surface area contributed by atoms with E-state index >= 15 is 0 Å². The highest BCUT2D eigenvalue weighted by Gasteiger charge is 2.17. The van der Waals surface area contributed by atoms with Crippen molar-refractivity contribution in [2.24, 2.45) is 5.73 Å². The van der Waals surface area contributed by atoms with Crippen LogP contribution in [0.3, 0.4) is 0 Å². The Labute approximate surface area is 102 Å². The summed E-state index contributed by atoms with van der Waals surface area (Å²) in [5.74, 6) is -0.0252. The average Bonchev–Trinajstić information content (AvgIpc) is 2.75. The van der Waals surface area contributed by atoms with E-state index in [-0.39, 0.29) is 30.5 Å². The Morgan fingerprint density at radius 1 is 1.69 bits per heavy atom. The monoisotopic (exact) mass is 252 g/mol. The zero-order valence-corrected chi connectivity index (χ0v) is 10.4. The van der Waals surface area contributed by atoms with Crippen LogP contribution >= 0.6 is 12.4 Å². The zero-order valence-electron chi connectivity index (χ0n) is 9.61. The Morgan fingerprint density at radius 2 is 2.44 bits per heavy atom. The standard InChI is InChI=1S/C10H20N2O3.ClH/c1-14-9(6-11)5-10(13)12-7-8-3-2-4-15-8;/h8-9H,2-7,11H2,1H3,(H,12,13);1H. The van der Waals surface area contributed by atoms with Crippen LogP contribution < -0.4 is 11.1 Å². The summed E-state index contributed by atoms with van der Waals surface area (Å²) in [6, 6.07) is 0. The highest BCUT2D eigenvalue weighted by molar-refractivity contribution is 5.85. The first-order valence-corrected chi connectivity index (χ1v) is 5.37. The third-order valence-corrected chi connectivity index (χ3v) is 2.56. The molecule has 0 aromatic rings. The molecule has 16 heavy (non-hydrogen) atoms. The number of amides is 1. The fourth-order valence-corrected chi connectivity index (χ4v) is 1.57. The van der Waals surface area contributed by atoms with Gasteiger partial charge in [-0.3, -0.25) is 4.79 Å². The normalized spacial score (nSPS) is 21.2. The van der Waals surface area contributed by atoms with E-state index in [4.69, 9.17) is 15.2 Å². The smallest absolute Gasteiger partial charge is 0.222 e. The van der Waals surface area contributed by atoms with Crippen LogP contribution in [0.1, 0.15) is 19.3 Å². The van der Waals surface area contributed by atoms with E-state index in [9.17, 15) is 4.79 Å². The summed E-state index contributed by atoms with van der Waals surface area (Å²) in [5, 5.41) is 2.82. The molecule has 0 aromatic carbocycles. The van der Waals surface area contributed by atoms with Crippen molar-refractivity contribution in [3.63, 3.8) is 0 Å². The number of halogens is 1. The molecule has 0 aromatic heterocycles. The van der Waals surface area contributed by atoms with E-state index in [0.717, 1.165) is 19.4 Å². The predicted octanol–water partition coefficient (Wildman–Crippen LogP) is 0.0672. The van der Waals surface area contributed by atoms with Crippen molar-refractivity contribution in [2.75, 3.05) is 26.8 Å². The number of nitrogens with two attached hydrogens (primary N) is 1. The molecule has 1 aliphatic heterocycles. The van der Waals surface area contributed by atoms with E-state index in [1.54, 1.807) is 7.11 Å². The van der Waals surface area contributed by atoms with E-state index in [0.29, 0.717) is 19.5 Å². The van der Waals surface area contributed by atoms with Crippen LogP contribution in [0, 0.1) is 0 Å². The molecule has 0 spiro atoms. The molecule has 0 saturated carbocycles. The molecule has 1 heterocycles. The Kier molecular flexibility index (Phi) is 8.56. The molecule has 0 bridgehead atoms. The maximum Gasteiger partial charge on any atom is 0.222 e. The molecule has 96 valence electrons. The van der Waals surface area contributed by atoms with Crippen LogP contribution in [0.5, 0.6) is 0 Å². The van der Waals surface area contributed by atoms with Gasteiger partial charge in [-0.15, -0.1) is 12.4 Å². The fourth-order valence-electron chi connectivity index (χ4n) is 1.57. The fraction of sp³-hybridized carbons (Fsp3) is 0.900. The molecular weight excluding hydrogens is 232 g/mol. The molecule has 2 atom stereocenters. The average molecular weight is 253 g/mol.